The van der Waals surface area contributed by atoms with Crippen LogP contribution in [0, 0.1) is 6.92 Å². The van der Waals surface area contributed by atoms with Gasteiger partial charge in [-0.3, -0.25) is 9.59 Å². The summed E-state index contributed by atoms with van der Waals surface area (Å²) in [5.74, 6) is 0.116. The lowest BCUT2D eigenvalue weighted by molar-refractivity contribution is -0.136. The molecule has 0 heterocycles. The second kappa shape index (κ2) is 12.8. The first-order valence-corrected chi connectivity index (χ1v) is 11.3. The standard InChI is InChI=1S/C27H29N3O5/c1-4-33-23-12-10-22(11-13-23)29-26(31)27(32)30-28-17-20-9-14-24(25(16-20)34-5-2)35-18-21-8-6-7-19(3)15-21/h6-17H,4-5,18H2,1-3H3,(H,29,31)(H,30,32)/b28-17+. The van der Waals surface area contributed by atoms with Crippen LogP contribution in [0.25, 0.3) is 0 Å². The Balaban J connectivity index is 1.56. The Hall–Kier alpha value is -4.33. The quantitative estimate of drug-likeness (QED) is 0.256. The molecule has 0 aliphatic heterocycles. The van der Waals surface area contributed by atoms with Crippen molar-refractivity contribution in [1.82, 2.24) is 5.43 Å². The van der Waals surface area contributed by atoms with E-state index in [0.717, 1.165) is 11.1 Å². The predicted molar refractivity (Wildman–Crippen MR) is 135 cm³/mol. The van der Waals surface area contributed by atoms with Gasteiger partial charge in [0.2, 0.25) is 0 Å². The summed E-state index contributed by atoms with van der Waals surface area (Å²) in [6, 6.07) is 20.1. The molecule has 0 aliphatic rings. The van der Waals surface area contributed by atoms with Crippen LogP contribution in [-0.4, -0.2) is 31.2 Å². The number of nitrogens with zero attached hydrogens (tertiary/aromatic N) is 1. The number of carbonyl (C=O) groups excluding carboxylic acids is 2. The number of rotatable bonds is 10. The molecule has 35 heavy (non-hydrogen) atoms. The van der Waals surface area contributed by atoms with Gasteiger partial charge in [0, 0.05) is 5.69 Å². The van der Waals surface area contributed by atoms with Gasteiger partial charge in [0.25, 0.3) is 0 Å². The van der Waals surface area contributed by atoms with E-state index < -0.39 is 11.8 Å². The maximum absolute atomic E-state index is 12.1. The molecule has 2 N–H and O–H groups in total. The van der Waals surface area contributed by atoms with Crippen LogP contribution in [0.3, 0.4) is 0 Å². The number of carbonyl (C=O) groups is 2. The number of aryl methyl sites for hydroxylation is 1. The fraction of sp³-hybridized carbons (Fsp3) is 0.222. The molecule has 8 heteroatoms. The zero-order chi connectivity index (χ0) is 25.0. The third-order valence-corrected chi connectivity index (χ3v) is 4.75. The van der Waals surface area contributed by atoms with Gasteiger partial charge in [-0.05, 0) is 74.4 Å². The van der Waals surface area contributed by atoms with Crippen LogP contribution in [-0.2, 0) is 16.2 Å². The van der Waals surface area contributed by atoms with Gasteiger partial charge in [-0.15, -0.1) is 0 Å². The molecule has 0 aromatic heterocycles. The van der Waals surface area contributed by atoms with E-state index in [2.05, 4.69) is 21.9 Å². The van der Waals surface area contributed by atoms with Gasteiger partial charge in [0.05, 0.1) is 19.4 Å². The normalized spacial score (nSPS) is 10.6. The van der Waals surface area contributed by atoms with Gasteiger partial charge in [-0.2, -0.15) is 5.10 Å². The predicted octanol–water partition coefficient (Wildman–Crippen LogP) is 4.46. The highest BCUT2D eigenvalue weighted by atomic mass is 16.5. The fourth-order valence-electron chi connectivity index (χ4n) is 3.16. The van der Waals surface area contributed by atoms with Crippen LogP contribution in [0.1, 0.15) is 30.5 Å². The molecule has 0 aliphatic carbocycles. The Morgan fingerprint density at radius 1 is 0.857 bits per heavy atom. The monoisotopic (exact) mass is 475 g/mol. The minimum Gasteiger partial charge on any atom is -0.494 e. The molecule has 182 valence electrons. The molecule has 3 aromatic rings. The number of hydrazone groups is 1. The third-order valence-electron chi connectivity index (χ3n) is 4.75. The third kappa shape index (κ3) is 7.89. The van der Waals surface area contributed by atoms with Gasteiger partial charge in [0.1, 0.15) is 12.4 Å². The van der Waals surface area contributed by atoms with E-state index in [1.807, 2.05) is 39.0 Å². The van der Waals surface area contributed by atoms with Crippen LogP contribution in [0.2, 0.25) is 0 Å². The Bertz CT molecular complexity index is 1180. The number of nitrogens with one attached hydrogen (secondary N) is 2. The minimum atomic E-state index is -0.890. The first-order valence-electron chi connectivity index (χ1n) is 11.3. The van der Waals surface area contributed by atoms with Crippen molar-refractivity contribution >= 4 is 23.7 Å². The maximum Gasteiger partial charge on any atom is 0.329 e. The summed E-state index contributed by atoms with van der Waals surface area (Å²) in [5, 5.41) is 6.38. The summed E-state index contributed by atoms with van der Waals surface area (Å²) in [6.45, 7) is 7.22. The molecule has 3 rings (SSSR count). The van der Waals surface area contributed by atoms with Crippen molar-refractivity contribution in [2.75, 3.05) is 18.5 Å². The van der Waals surface area contributed by atoms with Crippen LogP contribution in [0.5, 0.6) is 17.2 Å². The highest BCUT2D eigenvalue weighted by Crippen LogP contribution is 2.29. The lowest BCUT2D eigenvalue weighted by Crippen LogP contribution is -2.32. The Kier molecular flexibility index (Phi) is 9.24. The number of hydrogen-bond acceptors (Lipinski definition) is 6. The van der Waals surface area contributed by atoms with Crippen LogP contribution in [0.4, 0.5) is 5.69 Å². The van der Waals surface area contributed by atoms with Crippen LogP contribution < -0.4 is 25.0 Å². The number of anilines is 1. The second-order valence-corrected chi connectivity index (χ2v) is 7.53. The van der Waals surface area contributed by atoms with E-state index in [9.17, 15) is 9.59 Å². The number of hydrogen-bond donors (Lipinski definition) is 2. The molecule has 0 unspecified atom stereocenters. The Morgan fingerprint density at radius 3 is 2.34 bits per heavy atom. The molecule has 0 atom stereocenters. The largest absolute Gasteiger partial charge is 0.494 e. The molecular formula is C27H29N3O5. The number of benzene rings is 3. The molecule has 0 saturated heterocycles. The lowest BCUT2D eigenvalue weighted by atomic mass is 10.1. The Labute approximate surface area is 204 Å². The summed E-state index contributed by atoms with van der Waals surface area (Å²) >= 11 is 0. The molecule has 0 spiro atoms. The molecule has 2 amide bonds. The van der Waals surface area contributed by atoms with Gasteiger partial charge < -0.3 is 19.5 Å². The molecule has 0 radical (unpaired) electrons. The zero-order valence-electron chi connectivity index (χ0n) is 20.0. The van der Waals surface area contributed by atoms with Gasteiger partial charge in [-0.25, -0.2) is 5.43 Å². The summed E-state index contributed by atoms with van der Waals surface area (Å²) in [5.41, 5.74) is 5.59. The molecule has 8 nitrogen and oxygen atoms in total. The SMILES string of the molecule is CCOc1ccc(NC(=O)C(=O)N/N=C/c2ccc(OCc3cccc(C)c3)c(OCC)c2)cc1. The highest BCUT2D eigenvalue weighted by Gasteiger charge is 2.13. The molecule has 0 saturated carbocycles. The van der Waals surface area contributed by atoms with Gasteiger partial charge >= 0.3 is 11.8 Å². The topological polar surface area (TPSA) is 98.2 Å². The molecular weight excluding hydrogens is 446 g/mol. The van der Waals surface area contributed by atoms with Crippen molar-refractivity contribution in [3.05, 3.63) is 83.4 Å². The summed E-state index contributed by atoms with van der Waals surface area (Å²) in [4.78, 5) is 24.2. The van der Waals surface area contributed by atoms with Gasteiger partial charge in [0.15, 0.2) is 11.5 Å². The molecule has 3 aromatic carbocycles. The summed E-state index contributed by atoms with van der Waals surface area (Å²) in [7, 11) is 0. The van der Waals surface area contributed by atoms with Crippen LogP contribution >= 0.6 is 0 Å². The molecule has 0 bridgehead atoms. The number of ether oxygens (including phenoxy) is 3. The summed E-state index contributed by atoms with van der Waals surface area (Å²) in [6.07, 6.45) is 1.43. The average Bonchev–Trinajstić information content (AvgIpc) is 2.85. The van der Waals surface area contributed by atoms with E-state index in [4.69, 9.17) is 14.2 Å². The van der Waals surface area contributed by atoms with E-state index >= 15 is 0 Å². The van der Waals surface area contributed by atoms with E-state index in [-0.39, 0.29) is 0 Å². The minimum absolute atomic E-state index is 0.411. The lowest BCUT2D eigenvalue weighted by Gasteiger charge is -2.13. The van der Waals surface area contributed by atoms with Crippen molar-refractivity contribution in [3.8, 4) is 17.2 Å². The molecule has 0 fully saturated rings. The zero-order valence-corrected chi connectivity index (χ0v) is 20.0. The average molecular weight is 476 g/mol. The summed E-state index contributed by atoms with van der Waals surface area (Å²) < 4.78 is 17.0. The van der Waals surface area contributed by atoms with E-state index in [0.29, 0.717) is 48.3 Å². The van der Waals surface area contributed by atoms with Crippen molar-refractivity contribution < 1.29 is 23.8 Å². The fourth-order valence-corrected chi connectivity index (χ4v) is 3.16. The Morgan fingerprint density at radius 2 is 1.63 bits per heavy atom. The first-order chi connectivity index (χ1) is 17.0. The first kappa shape index (κ1) is 25.3. The highest BCUT2D eigenvalue weighted by molar-refractivity contribution is 6.39. The van der Waals surface area contributed by atoms with E-state index in [1.54, 1.807) is 42.5 Å². The smallest absolute Gasteiger partial charge is 0.329 e. The van der Waals surface area contributed by atoms with Crippen LogP contribution in [0.15, 0.2) is 71.8 Å². The van der Waals surface area contributed by atoms with E-state index in [1.165, 1.54) is 6.21 Å². The maximum atomic E-state index is 12.1. The van der Waals surface area contributed by atoms with Crippen molar-refractivity contribution in [2.24, 2.45) is 5.10 Å². The van der Waals surface area contributed by atoms with Crippen molar-refractivity contribution in [1.29, 1.82) is 0 Å². The number of amides is 2. The second-order valence-electron chi connectivity index (χ2n) is 7.53. The van der Waals surface area contributed by atoms with Gasteiger partial charge in [-0.1, -0.05) is 29.8 Å². The van der Waals surface area contributed by atoms with Crippen molar-refractivity contribution in [2.45, 2.75) is 27.4 Å². The van der Waals surface area contributed by atoms with Crippen molar-refractivity contribution in [3.63, 3.8) is 0 Å².